The van der Waals surface area contributed by atoms with E-state index in [1.54, 1.807) is 0 Å². The van der Waals surface area contributed by atoms with E-state index in [9.17, 15) is 4.79 Å². The van der Waals surface area contributed by atoms with Gasteiger partial charge in [-0.25, -0.2) is 9.78 Å². The maximum Gasteiger partial charge on any atom is 0.319 e. The maximum atomic E-state index is 12.5. The van der Waals surface area contributed by atoms with Crippen molar-refractivity contribution in [3.8, 4) is 0 Å². The number of aromatic nitrogens is 1. The molecule has 6 nitrogen and oxygen atoms in total. The average molecular weight is 474 g/mol. The number of fused-ring (bicyclic) bond motifs is 1. The molecule has 4 rings (SSSR count). The second-order valence-electron chi connectivity index (χ2n) is 9.88. The molecule has 0 bridgehead atoms. The normalized spacial score (nSPS) is 17.8. The number of hydrogen-bond donors (Lipinski definition) is 2. The van der Waals surface area contributed by atoms with Crippen LogP contribution in [-0.4, -0.2) is 37.7 Å². The van der Waals surface area contributed by atoms with Gasteiger partial charge in [-0.1, -0.05) is 50.2 Å². The average Bonchev–Trinajstić information content (AvgIpc) is 2.87. The van der Waals surface area contributed by atoms with Gasteiger partial charge in [-0.2, -0.15) is 0 Å². The summed E-state index contributed by atoms with van der Waals surface area (Å²) < 4.78 is 0. The van der Waals surface area contributed by atoms with E-state index in [-0.39, 0.29) is 6.03 Å². The summed E-state index contributed by atoms with van der Waals surface area (Å²) in [5.74, 6) is 1.37. The molecule has 1 saturated carbocycles. The Morgan fingerprint density at radius 3 is 2.26 bits per heavy atom. The van der Waals surface area contributed by atoms with Crippen molar-refractivity contribution in [2.45, 2.75) is 58.4 Å². The summed E-state index contributed by atoms with van der Waals surface area (Å²) in [6, 6.07) is 16.8. The number of nitrogens with one attached hydrogen (secondary N) is 1. The van der Waals surface area contributed by atoms with Crippen molar-refractivity contribution in [1.29, 1.82) is 0 Å². The van der Waals surface area contributed by atoms with Gasteiger partial charge in [0.25, 0.3) is 0 Å². The zero-order valence-electron chi connectivity index (χ0n) is 21.6. The molecule has 1 fully saturated rings. The summed E-state index contributed by atoms with van der Waals surface area (Å²) in [6.45, 7) is 4.96. The number of hydrogen-bond acceptors (Lipinski definition) is 4. The fraction of sp³-hybridized carbons (Fsp3) is 0.448. The fourth-order valence-electron chi connectivity index (χ4n) is 5.41. The molecule has 0 spiro atoms. The molecule has 3 aromatic rings. The third kappa shape index (κ3) is 5.53. The highest BCUT2D eigenvalue weighted by atomic mass is 16.2. The summed E-state index contributed by atoms with van der Waals surface area (Å²) >= 11 is 0. The predicted molar refractivity (Wildman–Crippen MR) is 148 cm³/mol. The lowest BCUT2D eigenvalue weighted by molar-refractivity contribution is 0.250. The number of pyridine rings is 1. The summed E-state index contributed by atoms with van der Waals surface area (Å²) in [6.07, 6.45) is 6.00. The van der Waals surface area contributed by atoms with E-state index >= 15 is 0 Å². The number of urea groups is 1. The molecule has 0 aliphatic heterocycles. The van der Waals surface area contributed by atoms with Gasteiger partial charge in [-0.15, -0.1) is 0 Å². The Morgan fingerprint density at radius 1 is 1.00 bits per heavy atom. The highest BCUT2D eigenvalue weighted by molar-refractivity contribution is 5.93. The SMILES string of the molecule is CCc1cccc(CC)c1N(C[C@H]1CC[C@@H](Nc2cc(N(C)C)c3ccccc3n2)CC1)C(N)=O. The van der Waals surface area contributed by atoms with E-state index in [4.69, 9.17) is 10.7 Å². The molecule has 0 saturated heterocycles. The first-order valence-electron chi connectivity index (χ1n) is 12.9. The fourth-order valence-corrected chi connectivity index (χ4v) is 5.41. The molecule has 1 aliphatic carbocycles. The van der Waals surface area contributed by atoms with Crippen LogP contribution >= 0.6 is 0 Å². The third-order valence-electron chi connectivity index (χ3n) is 7.32. The number of carbonyl (C=O) groups is 1. The molecule has 186 valence electrons. The molecule has 2 amide bonds. The zero-order valence-corrected chi connectivity index (χ0v) is 21.6. The van der Waals surface area contributed by atoms with Crippen LogP contribution in [0.5, 0.6) is 0 Å². The van der Waals surface area contributed by atoms with Gasteiger partial charge in [0.05, 0.1) is 11.2 Å². The highest BCUT2D eigenvalue weighted by Crippen LogP contribution is 2.33. The van der Waals surface area contributed by atoms with Gasteiger partial charge in [-0.3, -0.25) is 4.90 Å². The number of rotatable bonds is 8. The van der Waals surface area contributed by atoms with Crippen LogP contribution in [-0.2, 0) is 12.8 Å². The number of primary amides is 1. The number of nitrogens with zero attached hydrogens (tertiary/aromatic N) is 3. The first-order chi connectivity index (χ1) is 16.9. The van der Waals surface area contributed by atoms with Crippen molar-refractivity contribution >= 4 is 34.1 Å². The minimum Gasteiger partial charge on any atom is -0.377 e. The first kappa shape index (κ1) is 24.8. The lowest BCUT2D eigenvalue weighted by Gasteiger charge is -2.34. The van der Waals surface area contributed by atoms with Crippen LogP contribution in [0.2, 0.25) is 0 Å². The van der Waals surface area contributed by atoms with Crippen LogP contribution in [0.1, 0.15) is 50.7 Å². The van der Waals surface area contributed by atoms with Crippen LogP contribution in [0.4, 0.5) is 22.0 Å². The van der Waals surface area contributed by atoms with E-state index in [2.05, 4.69) is 80.6 Å². The lowest BCUT2D eigenvalue weighted by atomic mass is 9.85. The van der Waals surface area contributed by atoms with E-state index < -0.39 is 0 Å². The van der Waals surface area contributed by atoms with Crippen LogP contribution in [0.15, 0.2) is 48.5 Å². The number of para-hydroxylation sites is 2. The molecule has 6 heteroatoms. The Bertz CT molecular complexity index is 1140. The predicted octanol–water partition coefficient (Wildman–Crippen LogP) is 5.98. The van der Waals surface area contributed by atoms with Gasteiger partial charge in [0, 0.05) is 43.8 Å². The van der Waals surface area contributed by atoms with Gasteiger partial charge in [0.2, 0.25) is 0 Å². The van der Waals surface area contributed by atoms with Crippen LogP contribution in [0.3, 0.4) is 0 Å². The Kier molecular flexibility index (Phi) is 7.79. The van der Waals surface area contributed by atoms with Crippen molar-refractivity contribution in [2.24, 2.45) is 11.7 Å². The number of carbonyl (C=O) groups excluding carboxylic acids is 1. The van der Waals surface area contributed by atoms with Gasteiger partial charge in [0.15, 0.2) is 0 Å². The van der Waals surface area contributed by atoms with E-state index in [0.717, 1.165) is 60.9 Å². The number of benzene rings is 2. The summed E-state index contributed by atoms with van der Waals surface area (Å²) in [5, 5.41) is 4.85. The Labute approximate surface area is 209 Å². The van der Waals surface area contributed by atoms with E-state index in [0.29, 0.717) is 18.5 Å². The molecule has 1 aromatic heterocycles. The Hall–Kier alpha value is -3.28. The minimum atomic E-state index is -0.350. The third-order valence-corrected chi connectivity index (χ3v) is 7.32. The van der Waals surface area contributed by atoms with Crippen molar-refractivity contribution in [2.75, 3.05) is 35.8 Å². The van der Waals surface area contributed by atoms with Gasteiger partial charge in [-0.05, 0) is 61.6 Å². The van der Waals surface area contributed by atoms with Gasteiger partial charge < -0.3 is 16.0 Å². The minimum absolute atomic E-state index is 0.350. The van der Waals surface area contributed by atoms with Gasteiger partial charge in [0.1, 0.15) is 5.82 Å². The van der Waals surface area contributed by atoms with Crippen molar-refractivity contribution in [1.82, 2.24) is 4.98 Å². The molecule has 0 radical (unpaired) electrons. The summed E-state index contributed by atoms with van der Waals surface area (Å²) in [4.78, 5) is 21.4. The molecule has 1 aliphatic rings. The lowest BCUT2D eigenvalue weighted by Crippen LogP contribution is -2.42. The Morgan fingerprint density at radius 2 is 1.66 bits per heavy atom. The van der Waals surface area contributed by atoms with Crippen molar-refractivity contribution in [3.05, 3.63) is 59.7 Å². The van der Waals surface area contributed by atoms with Gasteiger partial charge >= 0.3 is 6.03 Å². The second kappa shape index (κ2) is 11.0. The molecule has 3 N–H and O–H groups in total. The molecule has 1 heterocycles. The second-order valence-corrected chi connectivity index (χ2v) is 9.88. The number of nitrogens with two attached hydrogens (primary N) is 1. The van der Waals surface area contributed by atoms with Crippen molar-refractivity contribution in [3.63, 3.8) is 0 Å². The number of anilines is 3. The number of amides is 2. The standard InChI is InChI=1S/C29H39N5O/c1-5-21-10-9-11-22(6-2)28(21)34(29(30)35)19-20-14-16-23(17-15-20)31-27-18-26(33(3)4)24-12-7-8-13-25(24)32-27/h7-13,18,20,23H,5-6,14-17,19H2,1-4H3,(H2,30,35)(H,31,32)/t20-,23+. The Balaban J connectivity index is 1.44. The molecular weight excluding hydrogens is 434 g/mol. The molecule has 2 aromatic carbocycles. The van der Waals surface area contributed by atoms with Crippen LogP contribution < -0.4 is 20.9 Å². The molecule has 35 heavy (non-hydrogen) atoms. The summed E-state index contributed by atoms with van der Waals surface area (Å²) in [7, 11) is 4.14. The quantitative estimate of drug-likeness (QED) is 0.422. The smallest absolute Gasteiger partial charge is 0.319 e. The molecule has 0 atom stereocenters. The van der Waals surface area contributed by atoms with Crippen molar-refractivity contribution < 1.29 is 4.79 Å². The molecule has 0 unspecified atom stereocenters. The zero-order chi connectivity index (χ0) is 24.9. The number of aryl methyl sites for hydroxylation is 2. The largest absolute Gasteiger partial charge is 0.377 e. The first-order valence-corrected chi connectivity index (χ1v) is 12.9. The van der Waals surface area contributed by atoms with E-state index in [1.807, 2.05) is 11.0 Å². The topological polar surface area (TPSA) is 74.5 Å². The monoisotopic (exact) mass is 473 g/mol. The maximum absolute atomic E-state index is 12.5. The van der Waals surface area contributed by atoms with E-state index in [1.165, 1.54) is 16.8 Å². The highest BCUT2D eigenvalue weighted by Gasteiger charge is 2.27. The molecular formula is C29H39N5O. The summed E-state index contributed by atoms with van der Waals surface area (Å²) in [5.41, 5.74) is 11.5. The van der Waals surface area contributed by atoms with Crippen LogP contribution in [0, 0.1) is 5.92 Å². The van der Waals surface area contributed by atoms with Crippen LogP contribution in [0.25, 0.3) is 10.9 Å².